The topological polar surface area (TPSA) is 32.6 Å². The number of oxime groups is 1. The van der Waals surface area contributed by atoms with E-state index in [0.717, 1.165) is 11.1 Å². The van der Waals surface area contributed by atoms with Gasteiger partial charge in [-0.05, 0) is 12.5 Å². The monoisotopic (exact) mass is 161 g/mol. The highest BCUT2D eigenvalue weighted by Gasteiger charge is 1.92. The van der Waals surface area contributed by atoms with Crippen molar-refractivity contribution in [3.05, 3.63) is 41.5 Å². The van der Waals surface area contributed by atoms with Crippen LogP contribution in [0.15, 0.2) is 35.5 Å². The molecule has 0 fully saturated rings. The number of rotatable bonds is 2. The van der Waals surface area contributed by atoms with Gasteiger partial charge in [-0.25, -0.2) is 0 Å². The molecular weight excluding hydrogens is 150 g/mol. The molecule has 0 unspecified atom stereocenters. The first-order chi connectivity index (χ1) is 5.88. The molecule has 0 spiro atoms. The van der Waals surface area contributed by atoms with E-state index >= 15 is 0 Å². The Kier molecular flexibility index (Phi) is 3.08. The van der Waals surface area contributed by atoms with Crippen molar-refractivity contribution >= 4 is 12.3 Å². The summed E-state index contributed by atoms with van der Waals surface area (Å²) < 4.78 is 0. The summed E-state index contributed by atoms with van der Waals surface area (Å²) in [6.07, 6.45) is 5.34. The molecule has 0 saturated carbocycles. The highest BCUT2D eigenvalue weighted by Crippen LogP contribution is 2.07. The Bertz CT molecular complexity index is 271. The van der Waals surface area contributed by atoms with Crippen molar-refractivity contribution in [3.8, 4) is 0 Å². The summed E-state index contributed by atoms with van der Waals surface area (Å²) in [5.41, 5.74) is 1.97. The fourth-order valence-corrected chi connectivity index (χ4v) is 1.02. The first-order valence-electron chi connectivity index (χ1n) is 3.77. The van der Waals surface area contributed by atoms with Crippen LogP contribution in [0.4, 0.5) is 0 Å². The molecule has 0 aliphatic carbocycles. The fraction of sp³-hybridized carbons (Fsp3) is 0.100. The minimum Gasteiger partial charge on any atom is -0.411 e. The SMILES string of the molecule is C/C=C/c1ccccc1/C=N/O. The van der Waals surface area contributed by atoms with Crippen LogP contribution in [0.5, 0.6) is 0 Å². The summed E-state index contributed by atoms with van der Waals surface area (Å²) in [7, 11) is 0. The Morgan fingerprint density at radius 3 is 2.50 bits per heavy atom. The van der Waals surface area contributed by atoms with Gasteiger partial charge < -0.3 is 5.21 Å². The van der Waals surface area contributed by atoms with E-state index in [1.165, 1.54) is 6.21 Å². The van der Waals surface area contributed by atoms with Gasteiger partial charge in [-0.3, -0.25) is 0 Å². The van der Waals surface area contributed by atoms with Gasteiger partial charge in [-0.2, -0.15) is 0 Å². The Morgan fingerprint density at radius 1 is 1.25 bits per heavy atom. The normalized spacial score (nSPS) is 11.4. The third kappa shape index (κ3) is 1.95. The van der Waals surface area contributed by atoms with E-state index in [9.17, 15) is 0 Å². The predicted octanol–water partition coefficient (Wildman–Crippen LogP) is 2.53. The molecule has 0 aromatic heterocycles. The van der Waals surface area contributed by atoms with Gasteiger partial charge in [-0.15, -0.1) is 0 Å². The first kappa shape index (κ1) is 8.53. The minimum atomic E-state index is 0.915. The molecule has 1 aromatic carbocycles. The maximum Gasteiger partial charge on any atom is 0.0739 e. The van der Waals surface area contributed by atoms with E-state index in [2.05, 4.69) is 5.16 Å². The molecule has 0 amide bonds. The van der Waals surface area contributed by atoms with E-state index in [1.807, 2.05) is 43.3 Å². The van der Waals surface area contributed by atoms with E-state index in [-0.39, 0.29) is 0 Å². The maximum atomic E-state index is 8.36. The van der Waals surface area contributed by atoms with E-state index < -0.39 is 0 Å². The van der Waals surface area contributed by atoms with Gasteiger partial charge in [0.1, 0.15) is 0 Å². The zero-order chi connectivity index (χ0) is 8.81. The predicted molar refractivity (Wildman–Crippen MR) is 50.5 cm³/mol. The average Bonchev–Trinajstić information content (AvgIpc) is 2.09. The number of hydrogen-bond acceptors (Lipinski definition) is 2. The van der Waals surface area contributed by atoms with Gasteiger partial charge in [0.15, 0.2) is 0 Å². The minimum absolute atomic E-state index is 0.915. The summed E-state index contributed by atoms with van der Waals surface area (Å²) >= 11 is 0. The third-order valence-electron chi connectivity index (χ3n) is 1.54. The Morgan fingerprint density at radius 2 is 1.92 bits per heavy atom. The van der Waals surface area contributed by atoms with Crippen molar-refractivity contribution in [1.29, 1.82) is 0 Å². The van der Waals surface area contributed by atoms with Crippen LogP contribution in [0.1, 0.15) is 18.1 Å². The fourth-order valence-electron chi connectivity index (χ4n) is 1.02. The number of allylic oxidation sites excluding steroid dienone is 1. The van der Waals surface area contributed by atoms with Gasteiger partial charge in [0.05, 0.1) is 6.21 Å². The Balaban J connectivity index is 3.08. The second-order valence-electron chi connectivity index (χ2n) is 2.37. The van der Waals surface area contributed by atoms with Crippen molar-refractivity contribution in [3.63, 3.8) is 0 Å². The number of hydrogen-bond donors (Lipinski definition) is 1. The van der Waals surface area contributed by atoms with Crippen LogP contribution < -0.4 is 0 Å². The van der Waals surface area contributed by atoms with Crippen molar-refractivity contribution < 1.29 is 5.21 Å². The molecule has 0 bridgehead atoms. The highest BCUT2D eigenvalue weighted by molar-refractivity contribution is 5.84. The summed E-state index contributed by atoms with van der Waals surface area (Å²) in [6, 6.07) is 7.72. The molecule has 1 N–H and O–H groups in total. The molecule has 62 valence electrons. The van der Waals surface area contributed by atoms with E-state index in [1.54, 1.807) is 0 Å². The van der Waals surface area contributed by atoms with Gasteiger partial charge in [0, 0.05) is 5.56 Å². The molecule has 0 radical (unpaired) electrons. The summed E-state index contributed by atoms with van der Waals surface area (Å²) in [5.74, 6) is 0. The lowest BCUT2D eigenvalue weighted by molar-refractivity contribution is 0.322. The molecule has 0 atom stereocenters. The zero-order valence-corrected chi connectivity index (χ0v) is 6.94. The highest BCUT2D eigenvalue weighted by atomic mass is 16.4. The van der Waals surface area contributed by atoms with Crippen LogP contribution in [0.25, 0.3) is 6.08 Å². The van der Waals surface area contributed by atoms with Crippen molar-refractivity contribution in [2.24, 2.45) is 5.16 Å². The van der Waals surface area contributed by atoms with Gasteiger partial charge in [-0.1, -0.05) is 41.6 Å². The van der Waals surface area contributed by atoms with E-state index in [4.69, 9.17) is 5.21 Å². The molecule has 0 aliphatic heterocycles. The largest absolute Gasteiger partial charge is 0.411 e. The lowest BCUT2D eigenvalue weighted by Crippen LogP contribution is -1.85. The van der Waals surface area contributed by atoms with Gasteiger partial charge >= 0.3 is 0 Å². The van der Waals surface area contributed by atoms with Crippen LogP contribution >= 0.6 is 0 Å². The molecule has 12 heavy (non-hydrogen) atoms. The Hall–Kier alpha value is -1.57. The summed E-state index contributed by atoms with van der Waals surface area (Å²) in [4.78, 5) is 0. The Labute approximate surface area is 71.8 Å². The van der Waals surface area contributed by atoms with Crippen LogP contribution in [0.3, 0.4) is 0 Å². The molecule has 0 aliphatic rings. The van der Waals surface area contributed by atoms with Crippen molar-refractivity contribution in [2.75, 3.05) is 0 Å². The van der Waals surface area contributed by atoms with Crippen LogP contribution in [-0.4, -0.2) is 11.4 Å². The molecule has 2 heteroatoms. The van der Waals surface area contributed by atoms with Crippen LogP contribution in [-0.2, 0) is 0 Å². The van der Waals surface area contributed by atoms with Crippen LogP contribution in [0.2, 0.25) is 0 Å². The smallest absolute Gasteiger partial charge is 0.0739 e. The second kappa shape index (κ2) is 4.34. The quantitative estimate of drug-likeness (QED) is 0.403. The molecular formula is C10H11NO. The summed E-state index contributed by atoms with van der Waals surface area (Å²) in [6.45, 7) is 1.95. The van der Waals surface area contributed by atoms with Crippen molar-refractivity contribution in [1.82, 2.24) is 0 Å². The van der Waals surface area contributed by atoms with Crippen LogP contribution in [0, 0.1) is 0 Å². The third-order valence-corrected chi connectivity index (χ3v) is 1.54. The number of nitrogens with zero attached hydrogens (tertiary/aromatic N) is 1. The molecule has 1 aromatic rings. The lowest BCUT2D eigenvalue weighted by Gasteiger charge is -1.97. The zero-order valence-electron chi connectivity index (χ0n) is 6.94. The van der Waals surface area contributed by atoms with Gasteiger partial charge in [0.2, 0.25) is 0 Å². The molecule has 0 saturated heterocycles. The molecule has 1 rings (SSSR count). The second-order valence-corrected chi connectivity index (χ2v) is 2.37. The molecule has 2 nitrogen and oxygen atoms in total. The van der Waals surface area contributed by atoms with Crippen molar-refractivity contribution in [2.45, 2.75) is 6.92 Å². The average molecular weight is 161 g/mol. The standard InChI is InChI=1S/C10H11NO/c1-2-5-9-6-3-4-7-10(9)8-11-12/h2-8,12H,1H3/b5-2+,11-8+. The van der Waals surface area contributed by atoms with E-state index in [0.29, 0.717) is 0 Å². The summed E-state index contributed by atoms with van der Waals surface area (Å²) in [5, 5.41) is 11.3. The maximum absolute atomic E-state index is 8.36. The number of benzene rings is 1. The lowest BCUT2D eigenvalue weighted by atomic mass is 10.1. The molecule has 0 heterocycles. The first-order valence-corrected chi connectivity index (χ1v) is 3.77. The van der Waals surface area contributed by atoms with Gasteiger partial charge in [0.25, 0.3) is 0 Å².